The third kappa shape index (κ3) is 3.48. The highest BCUT2D eigenvalue weighted by Crippen LogP contribution is 2.59. The van der Waals surface area contributed by atoms with E-state index in [1.54, 1.807) is 12.1 Å². The Balaban J connectivity index is 1.78. The third-order valence-electron chi connectivity index (χ3n) is 7.19. The summed E-state index contributed by atoms with van der Waals surface area (Å²) in [7, 11) is -3.68. The molecule has 0 aromatic heterocycles. The maximum atomic E-state index is 14.1. The summed E-state index contributed by atoms with van der Waals surface area (Å²) in [6, 6.07) is 26.2. The van der Waals surface area contributed by atoms with E-state index in [-0.39, 0.29) is 0 Å². The van der Waals surface area contributed by atoms with Crippen molar-refractivity contribution in [2.24, 2.45) is 0 Å². The molecule has 1 spiro atoms. The summed E-state index contributed by atoms with van der Waals surface area (Å²) in [5, 5.41) is 0. The molecule has 0 bridgehead atoms. The highest BCUT2D eigenvalue weighted by atomic mass is 32.2. The zero-order valence-corrected chi connectivity index (χ0v) is 20.2. The summed E-state index contributed by atoms with van der Waals surface area (Å²) in [6.07, 6.45) is 4.79. The largest absolute Gasteiger partial charge is 0.244 e. The summed E-state index contributed by atoms with van der Waals surface area (Å²) in [5.74, 6) is 0. The van der Waals surface area contributed by atoms with Crippen LogP contribution in [-0.4, -0.2) is 19.3 Å². The van der Waals surface area contributed by atoms with Crippen molar-refractivity contribution < 1.29 is 8.42 Å². The summed E-state index contributed by atoms with van der Waals surface area (Å²) in [4.78, 5) is 0.376. The van der Waals surface area contributed by atoms with Crippen LogP contribution in [0.5, 0.6) is 0 Å². The fourth-order valence-electron chi connectivity index (χ4n) is 5.73. The molecule has 1 atom stereocenters. The van der Waals surface area contributed by atoms with Crippen molar-refractivity contribution in [3.05, 3.63) is 101 Å². The van der Waals surface area contributed by atoms with Gasteiger partial charge >= 0.3 is 0 Å². The van der Waals surface area contributed by atoms with Crippen molar-refractivity contribution in [2.75, 3.05) is 6.54 Å². The minimum Gasteiger partial charge on any atom is -0.207 e. The first kappa shape index (κ1) is 22.1. The Bertz CT molecular complexity index is 1290. The van der Waals surface area contributed by atoms with E-state index in [9.17, 15) is 8.42 Å². The Morgan fingerprint density at radius 1 is 0.909 bits per heavy atom. The highest BCUT2D eigenvalue weighted by molar-refractivity contribution is 7.89. The van der Waals surface area contributed by atoms with Gasteiger partial charge in [-0.2, -0.15) is 4.31 Å². The first-order chi connectivity index (χ1) is 16.0. The molecular formula is C29H31NO2S. The monoisotopic (exact) mass is 457 g/mol. The van der Waals surface area contributed by atoms with Crippen LogP contribution in [-0.2, 0) is 15.6 Å². The van der Waals surface area contributed by atoms with E-state index in [0.29, 0.717) is 11.4 Å². The molecule has 0 radical (unpaired) electrons. The van der Waals surface area contributed by atoms with Gasteiger partial charge in [0.15, 0.2) is 0 Å². The van der Waals surface area contributed by atoms with Gasteiger partial charge in [-0.15, -0.1) is 0 Å². The summed E-state index contributed by atoms with van der Waals surface area (Å²) < 4.78 is 30.0. The minimum atomic E-state index is -3.68. The number of unbranched alkanes of at least 4 members (excludes halogenated alkanes) is 1. The Morgan fingerprint density at radius 3 is 2.33 bits per heavy atom. The van der Waals surface area contributed by atoms with Crippen molar-refractivity contribution >= 4 is 21.2 Å². The van der Waals surface area contributed by atoms with Crippen molar-refractivity contribution in [1.82, 2.24) is 4.31 Å². The van der Waals surface area contributed by atoms with Crippen LogP contribution < -0.4 is 0 Å². The van der Waals surface area contributed by atoms with Gasteiger partial charge in [0.25, 0.3) is 0 Å². The second-order valence-corrected chi connectivity index (χ2v) is 11.1. The van der Waals surface area contributed by atoms with Crippen LogP contribution in [0, 0.1) is 6.92 Å². The van der Waals surface area contributed by atoms with Crippen LogP contribution in [0.15, 0.2) is 83.8 Å². The maximum Gasteiger partial charge on any atom is 0.244 e. The molecule has 0 unspecified atom stereocenters. The molecule has 3 nitrogen and oxygen atoms in total. The van der Waals surface area contributed by atoms with Crippen LogP contribution in [0.3, 0.4) is 0 Å². The average molecular weight is 458 g/mol. The lowest BCUT2D eigenvalue weighted by atomic mass is 9.81. The van der Waals surface area contributed by atoms with E-state index in [1.807, 2.05) is 29.4 Å². The number of hydrogen-bond donors (Lipinski definition) is 0. The zero-order chi connectivity index (χ0) is 23.1. The van der Waals surface area contributed by atoms with Gasteiger partial charge in [0, 0.05) is 6.54 Å². The van der Waals surface area contributed by atoms with Gasteiger partial charge in [-0.3, -0.25) is 0 Å². The van der Waals surface area contributed by atoms with Gasteiger partial charge in [-0.05, 0) is 72.6 Å². The Labute approximate surface area is 197 Å². The minimum absolute atomic E-state index is 0.376. The lowest BCUT2D eigenvalue weighted by Crippen LogP contribution is -2.44. The average Bonchev–Trinajstić information content (AvgIpc) is 3.40. The third-order valence-corrected chi connectivity index (χ3v) is 9.13. The van der Waals surface area contributed by atoms with Crippen molar-refractivity contribution in [1.29, 1.82) is 0 Å². The van der Waals surface area contributed by atoms with Crippen LogP contribution in [0.25, 0.3) is 11.1 Å². The molecule has 0 N–H and O–H groups in total. The molecule has 1 fully saturated rings. The summed E-state index contributed by atoms with van der Waals surface area (Å²) >= 11 is 0. The molecule has 0 saturated carbocycles. The van der Waals surface area contributed by atoms with E-state index in [4.69, 9.17) is 0 Å². The highest BCUT2D eigenvalue weighted by Gasteiger charge is 2.55. The van der Waals surface area contributed by atoms with Crippen molar-refractivity contribution in [3.8, 4) is 0 Å². The number of sulfonamides is 1. The quantitative estimate of drug-likeness (QED) is 0.409. The maximum absolute atomic E-state index is 14.1. The number of aryl methyl sites for hydroxylation is 1. The summed E-state index contributed by atoms with van der Waals surface area (Å²) in [5.41, 5.74) is 6.38. The molecule has 0 amide bonds. The van der Waals surface area contributed by atoms with Gasteiger partial charge in [0.05, 0.1) is 10.4 Å². The van der Waals surface area contributed by atoms with Gasteiger partial charge in [-0.25, -0.2) is 8.42 Å². The van der Waals surface area contributed by atoms with Crippen molar-refractivity contribution in [2.45, 2.75) is 56.4 Å². The standard InChI is InChI=1S/C29H31NO2S/c1-3-4-13-26-25-14-8-9-15-27(25)29(28(26)23-11-6-5-7-12-23)20-10-21-30(29)33(31,32)24-18-16-22(2)17-19-24/h5-9,11-12,14-19H,3-4,10,13,20-21H2,1-2H3/t29-/m1/s1. The fourth-order valence-corrected chi connectivity index (χ4v) is 7.53. The van der Waals surface area contributed by atoms with Crippen LogP contribution in [0.2, 0.25) is 0 Å². The molecular weight excluding hydrogens is 426 g/mol. The predicted octanol–water partition coefficient (Wildman–Crippen LogP) is 6.79. The Kier molecular flexibility index (Phi) is 5.75. The second-order valence-electron chi connectivity index (χ2n) is 9.22. The SMILES string of the molecule is CCCCC1=C(c2ccccc2)[C@@]2(CCCN2S(=O)(=O)c2ccc(C)cc2)c2ccccc21. The molecule has 4 heteroatoms. The van der Waals surface area contributed by atoms with E-state index >= 15 is 0 Å². The smallest absolute Gasteiger partial charge is 0.207 e. The molecule has 170 valence electrons. The normalized spacial score (nSPS) is 20.5. The topological polar surface area (TPSA) is 37.4 Å². The van der Waals surface area contributed by atoms with Crippen LogP contribution in [0.4, 0.5) is 0 Å². The lowest BCUT2D eigenvalue weighted by Gasteiger charge is -2.38. The molecule has 33 heavy (non-hydrogen) atoms. The molecule has 1 aliphatic heterocycles. The molecule has 1 aliphatic carbocycles. The molecule has 1 heterocycles. The van der Waals surface area contributed by atoms with E-state index in [0.717, 1.165) is 48.8 Å². The van der Waals surface area contributed by atoms with E-state index in [2.05, 4.69) is 55.5 Å². The van der Waals surface area contributed by atoms with Crippen molar-refractivity contribution in [3.63, 3.8) is 0 Å². The van der Waals surface area contributed by atoms with Crippen LogP contribution >= 0.6 is 0 Å². The van der Waals surface area contributed by atoms with Gasteiger partial charge in [0.1, 0.15) is 0 Å². The summed E-state index contributed by atoms with van der Waals surface area (Å²) in [6.45, 7) is 4.72. The first-order valence-corrected chi connectivity index (χ1v) is 13.4. The number of allylic oxidation sites excluding steroid dienone is 1. The second kappa shape index (κ2) is 8.58. The van der Waals surface area contributed by atoms with Crippen LogP contribution in [0.1, 0.15) is 61.3 Å². The van der Waals surface area contributed by atoms with Gasteiger partial charge in [-0.1, -0.05) is 85.6 Å². The molecule has 1 saturated heterocycles. The molecule has 3 aromatic carbocycles. The number of benzene rings is 3. The van der Waals surface area contributed by atoms with Gasteiger partial charge < -0.3 is 0 Å². The number of hydrogen-bond acceptors (Lipinski definition) is 2. The Morgan fingerprint density at radius 2 is 1.61 bits per heavy atom. The zero-order valence-electron chi connectivity index (χ0n) is 19.4. The van der Waals surface area contributed by atoms with E-state index in [1.165, 1.54) is 16.7 Å². The molecule has 5 rings (SSSR count). The molecule has 3 aromatic rings. The fraction of sp³-hybridized carbons (Fsp3) is 0.310. The van der Waals surface area contributed by atoms with E-state index < -0.39 is 15.6 Å². The predicted molar refractivity (Wildman–Crippen MR) is 135 cm³/mol. The lowest BCUT2D eigenvalue weighted by molar-refractivity contribution is 0.324. The number of rotatable bonds is 6. The number of fused-ring (bicyclic) bond motifs is 2. The van der Waals surface area contributed by atoms with Gasteiger partial charge in [0.2, 0.25) is 10.0 Å². The molecule has 2 aliphatic rings. The Hall–Kier alpha value is -2.69. The number of nitrogens with zero attached hydrogens (tertiary/aromatic N) is 1. The first-order valence-electron chi connectivity index (χ1n) is 12.0.